The summed E-state index contributed by atoms with van der Waals surface area (Å²) in [7, 11) is -3.65. The highest BCUT2D eigenvalue weighted by Crippen LogP contribution is 2.13. The topological polar surface area (TPSA) is 89.3 Å². The van der Waals surface area contributed by atoms with Crippen LogP contribution in [0.25, 0.3) is 0 Å². The summed E-state index contributed by atoms with van der Waals surface area (Å²) in [5, 5.41) is 8.68. The minimum Gasteiger partial charge on any atom is -0.356 e. The van der Waals surface area contributed by atoms with Crippen molar-refractivity contribution >= 4 is 27.5 Å². The second-order valence-corrected chi connectivity index (χ2v) is 8.12. The molecule has 0 fully saturated rings. The monoisotopic (exact) mass is 394 g/mol. The molecule has 0 saturated carbocycles. The van der Waals surface area contributed by atoms with Crippen molar-refractivity contribution in [1.29, 1.82) is 0 Å². The third-order valence-electron chi connectivity index (χ3n) is 3.97. The summed E-state index contributed by atoms with van der Waals surface area (Å²) in [6, 6.07) is 14.1. The molecule has 0 atom stereocenters. The van der Waals surface area contributed by atoms with E-state index in [9.17, 15) is 13.2 Å². The molecule has 0 aliphatic carbocycles. The molecule has 0 spiro atoms. The number of aryl methyl sites for hydroxylation is 2. The van der Waals surface area contributed by atoms with E-state index in [0.29, 0.717) is 18.0 Å². The molecule has 0 saturated heterocycles. The highest BCUT2D eigenvalue weighted by molar-refractivity contribution is 7.89. The molecule has 3 N–H and O–H groups in total. The highest BCUT2D eigenvalue weighted by Gasteiger charge is 2.07. The van der Waals surface area contributed by atoms with Crippen LogP contribution in [-0.2, 0) is 27.7 Å². The van der Waals surface area contributed by atoms with Crippen LogP contribution in [0.4, 0.5) is 0 Å². The van der Waals surface area contributed by atoms with Crippen molar-refractivity contribution in [2.75, 3.05) is 6.54 Å². The lowest BCUT2D eigenvalue weighted by molar-refractivity contribution is -0.121. The van der Waals surface area contributed by atoms with Gasteiger partial charge >= 0.3 is 0 Å². The van der Waals surface area contributed by atoms with E-state index in [1.54, 1.807) is 12.1 Å². The molecule has 0 radical (unpaired) electrons. The summed E-state index contributed by atoms with van der Waals surface area (Å²) in [5.41, 5.74) is 2.14. The molecule has 140 valence electrons. The smallest absolute Gasteiger partial charge is 0.238 e. The lowest BCUT2D eigenvalue weighted by Crippen LogP contribution is -2.24. The van der Waals surface area contributed by atoms with Gasteiger partial charge in [-0.2, -0.15) is 0 Å². The second-order valence-electron chi connectivity index (χ2n) is 6.13. The Morgan fingerprint density at radius 1 is 1.00 bits per heavy atom. The molecule has 7 heteroatoms. The molecule has 2 rings (SSSR count). The third-order valence-corrected chi connectivity index (χ3v) is 5.14. The number of sulfonamides is 1. The number of hydrogen-bond donors (Lipinski definition) is 2. The van der Waals surface area contributed by atoms with E-state index in [1.165, 1.54) is 12.1 Å². The Morgan fingerprint density at radius 2 is 1.69 bits per heavy atom. The quantitative estimate of drug-likeness (QED) is 0.640. The molecule has 5 nitrogen and oxygen atoms in total. The van der Waals surface area contributed by atoms with Crippen LogP contribution in [0.1, 0.15) is 30.4 Å². The van der Waals surface area contributed by atoms with Crippen molar-refractivity contribution in [2.45, 2.75) is 37.0 Å². The number of nitrogens with one attached hydrogen (secondary N) is 1. The summed E-state index contributed by atoms with van der Waals surface area (Å²) in [6.45, 7) is 0.590. The fourth-order valence-corrected chi connectivity index (χ4v) is 3.33. The zero-order valence-electron chi connectivity index (χ0n) is 14.4. The van der Waals surface area contributed by atoms with E-state index in [1.807, 2.05) is 24.3 Å². The Morgan fingerprint density at radius 3 is 2.35 bits per heavy atom. The van der Waals surface area contributed by atoms with Gasteiger partial charge < -0.3 is 5.32 Å². The fraction of sp³-hybridized carbons (Fsp3) is 0.316. The van der Waals surface area contributed by atoms with Crippen molar-refractivity contribution in [1.82, 2.24) is 5.32 Å². The molecule has 0 aliphatic heterocycles. The van der Waals surface area contributed by atoms with Gasteiger partial charge in [-0.1, -0.05) is 35.9 Å². The third kappa shape index (κ3) is 7.15. The van der Waals surface area contributed by atoms with Crippen LogP contribution in [-0.4, -0.2) is 20.9 Å². The maximum atomic E-state index is 11.8. The Labute approximate surface area is 159 Å². The summed E-state index contributed by atoms with van der Waals surface area (Å²) in [6.07, 6.45) is 3.63. The normalized spacial score (nSPS) is 11.3. The van der Waals surface area contributed by atoms with Crippen molar-refractivity contribution in [3.63, 3.8) is 0 Å². The van der Waals surface area contributed by atoms with E-state index in [4.69, 9.17) is 16.7 Å². The van der Waals surface area contributed by atoms with Crippen LogP contribution in [0.2, 0.25) is 5.02 Å². The maximum absolute atomic E-state index is 11.8. The Hall–Kier alpha value is -1.89. The molecule has 26 heavy (non-hydrogen) atoms. The number of amides is 1. The van der Waals surface area contributed by atoms with E-state index in [2.05, 4.69) is 5.32 Å². The van der Waals surface area contributed by atoms with Gasteiger partial charge in [0.25, 0.3) is 0 Å². The fourth-order valence-electron chi connectivity index (χ4n) is 2.60. The Bertz CT molecular complexity index is 836. The molecule has 1 amide bonds. The van der Waals surface area contributed by atoms with Crippen molar-refractivity contribution in [2.24, 2.45) is 5.14 Å². The minimum absolute atomic E-state index is 0.0385. The summed E-state index contributed by atoms with van der Waals surface area (Å²) >= 11 is 5.94. The zero-order valence-corrected chi connectivity index (χ0v) is 16.0. The molecule has 0 unspecified atom stereocenters. The lowest BCUT2D eigenvalue weighted by Gasteiger charge is -2.06. The lowest BCUT2D eigenvalue weighted by atomic mass is 10.1. The summed E-state index contributed by atoms with van der Waals surface area (Å²) in [5.74, 6) is 0.0385. The molecule has 0 heterocycles. The zero-order chi connectivity index (χ0) is 19.0. The molecule has 0 aromatic heterocycles. The van der Waals surface area contributed by atoms with Crippen LogP contribution in [0.5, 0.6) is 0 Å². The number of carbonyl (C=O) groups excluding carboxylic acids is 1. The number of nitrogens with two attached hydrogens (primary N) is 1. The van der Waals surface area contributed by atoms with E-state index >= 15 is 0 Å². The van der Waals surface area contributed by atoms with Crippen molar-refractivity contribution in [3.05, 3.63) is 64.7 Å². The van der Waals surface area contributed by atoms with Gasteiger partial charge in [0.1, 0.15) is 0 Å². The summed E-state index contributed by atoms with van der Waals surface area (Å²) < 4.78 is 22.4. The van der Waals surface area contributed by atoms with Crippen LogP contribution in [0.15, 0.2) is 53.4 Å². The van der Waals surface area contributed by atoms with Gasteiger partial charge in [-0.25, -0.2) is 13.6 Å². The number of hydrogen-bond acceptors (Lipinski definition) is 3. The van der Waals surface area contributed by atoms with Gasteiger partial charge in [-0.15, -0.1) is 0 Å². The van der Waals surface area contributed by atoms with E-state index < -0.39 is 10.0 Å². The van der Waals surface area contributed by atoms with Gasteiger partial charge in [-0.05, 0) is 61.1 Å². The standard InChI is InChI=1S/C19H23ClN2O3S/c20-17-7-1-4-16(14-17)5-2-8-19(23)22-13-3-6-15-9-11-18(12-10-15)26(21,24)25/h1,4,7,9-12,14H,2-3,5-6,8,13H2,(H,22,23)(H2,21,24,25). The Balaban J connectivity index is 1.62. The van der Waals surface area contributed by atoms with Gasteiger partial charge in [0.15, 0.2) is 0 Å². The van der Waals surface area contributed by atoms with E-state index in [-0.39, 0.29) is 10.8 Å². The van der Waals surface area contributed by atoms with Gasteiger partial charge in [0.05, 0.1) is 4.90 Å². The predicted molar refractivity (Wildman–Crippen MR) is 104 cm³/mol. The molecule has 0 aliphatic rings. The number of rotatable bonds is 9. The van der Waals surface area contributed by atoms with Crippen molar-refractivity contribution in [3.8, 4) is 0 Å². The van der Waals surface area contributed by atoms with E-state index in [0.717, 1.165) is 36.8 Å². The number of primary sulfonamides is 1. The Kier molecular flexibility index (Phi) is 7.63. The van der Waals surface area contributed by atoms with Gasteiger partial charge in [0.2, 0.25) is 15.9 Å². The first kappa shape index (κ1) is 20.4. The number of carbonyl (C=O) groups is 1. The molecule has 2 aromatic rings. The average Bonchev–Trinajstić information content (AvgIpc) is 2.58. The second kappa shape index (κ2) is 9.71. The molecule has 0 bridgehead atoms. The number of benzene rings is 2. The van der Waals surface area contributed by atoms with Crippen LogP contribution >= 0.6 is 11.6 Å². The van der Waals surface area contributed by atoms with Crippen molar-refractivity contribution < 1.29 is 13.2 Å². The predicted octanol–water partition coefficient (Wildman–Crippen LogP) is 3.06. The largest absolute Gasteiger partial charge is 0.356 e. The minimum atomic E-state index is -3.65. The average molecular weight is 395 g/mol. The first-order valence-corrected chi connectivity index (χ1v) is 10.4. The first-order valence-electron chi connectivity index (χ1n) is 8.47. The van der Waals surface area contributed by atoms with Crippen LogP contribution in [0, 0.1) is 0 Å². The van der Waals surface area contributed by atoms with Crippen LogP contribution in [0.3, 0.4) is 0 Å². The van der Waals surface area contributed by atoms with Crippen LogP contribution < -0.4 is 10.5 Å². The SMILES string of the molecule is NS(=O)(=O)c1ccc(CCCNC(=O)CCCc2cccc(Cl)c2)cc1. The molecular weight excluding hydrogens is 372 g/mol. The first-order chi connectivity index (χ1) is 12.3. The number of halogens is 1. The summed E-state index contributed by atoms with van der Waals surface area (Å²) in [4.78, 5) is 12.0. The maximum Gasteiger partial charge on any atom is 0.238 e. The van der Waals surface area contributed by atoms with Gasteiger partial charge in [0, 0.05) is 18.0 Å². The van der Waals surface area contributed by atoms with Gasteiger partial charge in [-0.3, -0.25) is 4.79 Å². The molecule has 2 aromatic carbocycles. The molecular formula is C19H23ClN2O3S. The highest BCUT2D eigenvalue weighted by atomic mass is 35.5.